The maximum atomic E-state index is 13.7. The van der Waals surface area contributed by atoms with Crippen LogP contribution in [0.15, 0.2) is 0 Å². The molecule has 0 aliphatic carbocycles. The number of hydrogen-bond donors (Lipinski definition) is 4. The Labute approximate surface area is 117 Å². The average Bonchev–Trinajstić information content (AvgIpc) is 2.50. The quantitative estimate of drug-likeness (QED) is 0.213. The van der Waals surface area contributed by atoms with Crippen LogP contribution in [0.4, 0.5) is 26.3 Å². The molecule has 0 bridgehead atoms. The highest BCUT2D eigenvalue weighted by Crippen LogP contribution is 2.48. The SMILES string of the molecule is Oc1c(O)c(-c2c(O)c(F)c(F)c(O)c2F)c(F)c(F)c1F. The fourth-order valence-corrected chi connectivity index (χ4v) is 1.73. The third-order valence-electron chi connectivity index (χ3n) is 2.80. The third kappa shape index (κ3) is 1.87. The number of rotatable bonds is 1. The molecule has 4 nitrogen and oxygen atoms in total. The first-order valence-electron chi connectivity index (χ1n) is 5.28. The van der Waals surface area contributed by atoms with E-state index in [4.69, 9.17) is 10.2 Å². The van der Waals surface area contributed by atoms with Gasteiger partial charge in [0.15, 0.2) is 40.4 Å². The first-order chi connectivity index (χ1) is 10.1. The summed E-state index contributed by atoms with van der Waals surface area (Å²) in [6.07, 6.45) is 0. The molecular formula is C12H4F6O4. The molecule has 0 saturated carbocycles. The highest BCUT2D eigenvalue weighted by Gasteiger charge is 2.33. The predicted molar refractivity (Wildman–Crippen MR) is 58.3 cm³/mol. The van der Waals surface area contributed by atoms with Gasteiger partial charge in [0.05, 0.1) is 11.1 Å². The predicted octanol–water partition coefficient (Wildman–Crippen LogP) is 3.01. The van der Waals surface area contributed by atoms with Gasteiger partial charge in [0.2, 0.25) is 17.5 Å². The number of phenolic OH excluding ortho intramolecular Hbond substituents is 4. The minimum atomic E-state index is -2.38. The molecule has 4 N–H and O–H groups in total. The Morgan fingerprint density at radius 3 is 1.32 bits per heavy atom. The van der Waals surface area contributed by atoms with Gasteiger partial charge in [-0.15, -0.1) is 0 Å². The van der Waals surface area contributed by atoms with E-state index in [1.165, 1.54) is 0 Å². The third-order valence-corrected chi connectivity index (χ3v) is 2.80. The first-order valence-corrected chi connectivity index (χ1v) is 5.28. The van der Waals surface area contributed by atoms with Gasteiger partial charge in [-0.05, 0) is 0 Å². The molecule has 0 unspecified atom stereocenters. The summed E-state index contributed by atoms with van der Waals surface area (Å²) in [5.74, 6) is -21.2. The molecule has 0 atom stereocenters. The van der Waals surface area contributed by atoms with Gasteiger partial charge in [-0.3, -0.25) is 0 Å². The highest BCUT2D eigenvalue weighted by molar-refractivity contribution is 5.80. The van der Waals surface area contributed by atoms with Crippen LogP contribution < -0.4 is 0 Å². The Hall–Kier alpha value is -2.78. The van der Waals surface area contributed by atoms with E-state index in [-0.39, 0.29) is 0 Å². The fraction of sp³-hybridized carbons (Fsp3) is 0. The van der Waals surface area contributed by atoms with Crippen LogP contribution in [0.2, 0.25) is 0 Å². The molecule has 118 valence electrons. The van der Waals surface area contributed by atoms with Crippen molar-refractivity contribution in [3.05, 3.63) is 34.9 Å². The van der Waals surface area contributed by atoms with E-state index in [1.807, 2.05) is 0 Å². The minimum absolute atomic E-state index is 1.71. The average molecular weight is 326 g/mol. The molecule has 0 fully saturated rings. The minimum Gasteiger partial charge on any atom is -0.504 e. The van der Waals surface area contributed by atoms with E-state index in [2.05, 4.69) is 0 Å². The Bertz CT molecular complexity index is 680. The second-order valence-corrected chi connectivity index (χ2v) is 4.03. The zero-order chi connectivity index (χ0) is 16.9. The van der Waals surface area contributed by atoms with Crippen molar-refractivity contribution in [2.45, 2.75) is 0 Å². The van der Waals surface area contributed by atoms with Gasteiger partial charge in [-0.25, -0.2) is 13.2 Å². The molecule has 22 heavy (non-hydrogen) atoms. The Balaban J connectivity index is 3.03. The lowest BCUT2D eigenvalue weighted by Crippen LogP contribution is -2.01. The summed E-state index contributed by atoms with van der Waals surface area (Å²) in [4.78, 5) is 0. The number of benzene rings is 2. The van der Waals surface area contributed by atoms with Crippen LogP contribution in [0, 0.1) is 34.9 Å². The summed E-state index contributed by atoms with van der Waals surface area (Å²) in [6, 6.07) is 0. The van der Waals surface area contributed by atoms with Gasteiger partial charge in [0, 0.05) is 0 Å². The second kappa shape index (κ2) is 4.90. The maximum Gasteiger partial charge on any atom is 0.207 e. The van der Waals surface area contributed by atoms with Crippen LogP contribution in [0.5, 0.6) is 23.0 Å². The largest absolute Gasteiger partial charge is 0.504 e. The summed E-state index contributed by atoms with van der Waals surface area (Å²) < 4.78 is 79.9. The van der Waals surface area contributed by atoms with Crippen molar-refractivity contribution >= 4 is 0 Å². The Kier molecular flexibility index (Phi) is 3.47. The van der Waals surface area contributed by atoms with Gasteiger partial charge in [-0.1, -0.05) is 0 Å². The molecule has 0 saturated heterocycles. The topological polar surface area (TPSA) is 80.9 Å². The van der Waals surface area contributed by atoms with Crippen molar-refractivity contribution in [2.24, 2.45) is 0 Å². The molecule has 2 aromatic carbocycles. The molecule has 2 rings (SSSR count). The summed E-state index contributed by atoms with van der Waals surface area (Å²) in [6.45, 7) is 0. The molecule has 2 aromatic rings. The van der Waals surface area contributed by atoms with Gasteiger partial charge in [0.25, 0.3) is 0 Å². The summed E-state index contributed by atoms with van der Waals surface area (Å²) in [7, 11) is 0. The lowest BCUT2D eigenvalue weighted by molar-refractivity contribution is 0.344. The van der Waals surface area contributed by atoms with Crippen LogP contribution in [-0.2, 0) is 0 Å². The molecule has 0 heterocycles. The lowest BCUT2D eigenvalue weighted by atomic mass is 10.00. The number of halogens is 6. The van der Waals surface area contributed by atoms with Crippen LogP contribution in [-0.4, -0.2) is 20.4 Å². The zero-order valence-electron chi connectivity index (χ0n) is 10.1. The molecule has 0 radical (unpaired) electrons. The molecule has 0 spiro atoms. The maximum absolute atomic E-state index is 13.7. The van der Waals surface area contributed by atoms with Gasteiger partial charge < -0.3 is 20.4 Å². The van der Waals surface area contributed by atoms with Crippen LogP contribution in [0.1, 0.15) is 0 Å². The number of phenols is 4. The van der Waals surface area contributed by atoms with Crippen molar-refractivity contribution in [2.75, 3.05) is 0 Å². The van der Waals surface area contributed by atoms with Crippen molar-refractivity contribution in [3.8, 4) is 34.1 Å². The summed E-state index contributed by atoms with van der Waals surface area (Å²) >= 11 is 0. The highest BCUT2D eigenvalue weighted by atomic mass is 19.2. The fourth-order valence-electron chi connectivity index (χ4n) is 1.73. The van der Waals surface area contributed by atoms with Crippen molar-refractivity contribution in [1.29, 1.82) is 0 Å². The van der Waals surface area contributed by atoms with Crippen molar-refractivity contribution in [3.63, 3.8) is 0 Å². The molecule has 10 heteroatoms. The van der Waals surface area contributed by atoms with E-state index in [0.29, 0.717) is 0 Å². The van der Waals surface area contributed by atoms with Gasteiger partial charge in [-0.2, -0.15) is 13.2 Å². The van der Waals surface area contributed by atoms with Crippen LogP contribution >= 0.6 is 0 Å². The van der Waals surface area contributed by atoms with E-state index in [9.17, 15) is 36.6 Å². The monoisotopic (exact) mass is 326 g/mol. The van der Waals surface area contributed by atoms with Crippen molar-refractivity contribution in [1.82, 2.24) is 0 Å². The normalized spacial score (nSPS) is 11.0. The van der Waals surface area contributed by atoms with Crippen LogP contribution in [0.25, 0.3) is 11.1 Å². The zero-order valence-corrected chi connectivity index (χ0v) is 10.1. The van der Waals surface area contributed by atoms with Gasteiger partial charge in [0.1, 0.15) is 0 Å². The molecule has 0 aliphatic heterocycles. The number of hydrogen-bond acceptors (Lipinski definition) is 4. The van der Waals surface area contributed by atoms with E-state index >= 15 is 0 Å². The van der Waals surface area contributed by atoms with Crippen molar-refractivity contribution < 1.29 is 46.8 Å². The summed E-state index contributed by atoms with van der Waals surface area (Å²) in [5.41, 5.74) is -3.42. The number of aromatic hydroxyl groups is 4. The molecule has 0 aliphatic rings. The molecule has 0 aromatic heterocycles. The summed E-state index contributed by atoms with van der Waals surface area (Å²) in [5, 5.41) is 36.7. The molecular weight excluding hydrogens is 322 g/mol. The Morgan fingerprint density at radius 2 is 0.773 bits per heavy atom. The first kappa shape index (κ1) is 15.6. The van der Waals surface area contributed by atoms with Crippen LogP contribution in [0.3, 0.4) is 0 Å². The smallest absolute Gasteiger partial charge is 0.207 e. The standard InChI is InChI=1S/C12H4F6O4/c13-3-1(10(20)12(22)6(16)5(3)15)2-4(14)11(21)8(18)7(17)9(2)19/h19-22H. The van der Waals surface area contributed by atoms with E-state index in [1.54, 1.807) is 0 Å². The van der Waals surface area contributed by atoms with Gasteiger partial charge >= 0.3 is 0 Å². The van der Waals surface area contributed by atoms with E-state index in [0.717, 1.165) is 0 Å². The lowest BCUT2D eigenvalue weighted by Gasteiger charge is -2.14. The van der Waals surface area contributed by atoms with E-state index < -0.39 is 69.0 Å². The Morgan fingerprint density at radius 1 is 0.364 bits per heavy atom. The second-order valence-electron chi connectivity index (χ2n) is 4.03. The molecule has 0 amide bonds.